The van der Waals surface area contributed by atoms with E-state index in [4.69, 9.17) is 0 Å². The van der Waals surface area contributed by atoms with Gasteiger partial charge in [0, 0.05) is 0 Å². The molecule has 2 heterocycles. The van der Waals surface area contributed by atoms with Crippen LogP contribution in [-0.4, -0.2) is 0 Å². The van der Waals surface area contributed by atoms with Gasteiger partial charge in [0.25, 0.3) is 0 Å². The van der Waals surface area contributed by atoms with Gasteiger partial charge >= 0.3 is 159 Å². The van der Waals surface area contributed by atoms with Crippen LogP contribution in [0.15, 0.2) is 12.1 Å². The molecule has 0 aliphatic rings. The van der Waals surface area contributed by atoms with Gasteiger partial charge in [0.2, 0.25) is 0 Å². The zero-order valence-corrected chi connectivity index (χ0v) is 22.7. The van der Waals surface area contributed by atoms with Crippen molar-refractivity contribution in [3.8, 4) is 0 Å². The predicted molar refractivity (Wildman–Crippen MR) is 108 cm³/mol. The van der Waals surface area contributed by atoms with Crippen molar-refractivity contribution in [2.24, 2.45) is 0 Å². The molecule has 0 aliphatic carbocycles. The van der Waals surface area contributed by atoms with Crippen LogP contribution >= 0.6 is 16.4 Å². The first-order chi connectivity index (χ1) is 10.7. The van der Waals surface area contributed by atoms with E-state index in [2.05, 4.69) is 67.5 Å². The van der Waals surface area contributed by atoms with Crippen LogP contribution in [0.2, 0.25) is 0 Å². The molecule has 25 heavy (non-hydrogen) atoms. The maximum Gasteiger partial charge on any atom is -1.00 e. The Morgan fingerprint density at radius 3 is 1.16 bits per heavy atom. The van der Waals surface area contributed by atoms with Crippen molar-refractivity contribution in [1.29, 1.82) is 0 Å². The third-order valence-corrected chi connectivity index (χ3v) is 13.2. The minimum atomic E-state index is -0.656. The monoisotopic (exact) mass is 494 g/mol. The molecule has 2 aromatic heterocycles. The van der Waals surface area contributed by atoms with Crippen LogP contribution in [0.1, 0.15) is 100 Å². The summed E-state index contributed by atoms with van der Waals surface area (Å²) in [5, 5.41) is 6.96. The minimum absolute atomic E-state index is 0. The Hall–Kier alpha value is 1.02. The second-order valence-electron chi connectivity index (χ2n) is 7.85. The van der Waals surface area contributed by atoms with Crippen LogP contribution < -0.4 is 31.4 Å². The fourth-order valence-electron chi connectivity index (χ4n) is 2.87. The Morgan fingerprint density at radius 1 is 0.600 bits per heavy atom. The first-order valence-corrected chi connectivity index (χ1v) is 13.4. The Labute approximate surface area is 182 Å². The fraction of sp³-hybridized carbons (Fsp3) is 0.600. The summed E-state index contributed by atoms with van der Waals surface area (Å²) in [7, 11) is 1.95. The quantitative estimate of drug-likeness (QED) is 0.540. The fourth-order valence-corrected chi connectivity index (χ4v) is 11.8. The first kappa shape index (κ1) is 26.0. The molecule has 0 N–H and O–H groups in total. The molecule has 0 fully saturated rings. The Morgan fingerprint density at radius 2 is 0.920 bits per heavy atom. The number of hydrogen-bond donors (Lipinski definition) is 0. The van der Waals surface area contributed by atoms with Gasteiger partial charge in [0.1, 0.15) is 0 Å². The van der Waals surface area contributed by atoms with Crippen molar-refractivity contribution < 1.29 is 48.0 Å². The molecular formula is C20H32Cl2P2Zr. The van der Waals surface area contributed by atoms with E-state index in [9.17, 15) is 0 Å². The van der Waals surface area contributed by atoms with E-state index in [0.29, 0.717) is 11.8 Å². The molecule has 0 radical (unpaired) electrons. The van der Waals surface area contributed by atoms with Gasteiger partial charge in [-0.25, -0.2) is 0 Å². The van der Waals surface area contributed by atoms with Crippen LogP contribution in [0.25, 0.3) is 0 Å². The number of halogens is 2. The molecule has 0 aliphatic heterocycles. The summed E-state index contributed by atoms with van der Waals surface area (Å²) in [5.74, 6) is 2.86. The van der Waals surface area contributed by atoms with Crippen LogP contribution in [0.3, 0.4) is 0 Å². The van der Waals surface area contributed by atoms with Gasteiger partial charge in [-0.15, -0.1) is 0 Å². The largest absolute Gasteiger partial charge is 1.00 e. The van der Waals surface area contributed by atoms with E-state index >= 15 is 0 Å². The van der Waals surface area contributed by atoms with Crippen molar-refractivity contribution in [2.75, 3.05) is 0 Å². The molecule has 0 amide bonds. The molecule has 2 atom stereocenters. The molecule has 2 unspecified atom stereocenters. The molecule has 0 spiro atoms. The standard InChI is InChI=1S/2C10H16P.2ClH.Zr/c2*1-7(2)9-5-6-10(11-9)8(3)4;;;/h2*5,7-8,11H,1-4H3;2*1H;/q;;;;+2/p-2. The smallest absolute Gasteiger partial charge is 1.00 e. The van der Waals surface area contributed by atoms with Crippen molar-refractivity contribution in [3.05, 3.63) is 33.3 Å². The average Bonchev–Trinajstić information content (AvgIpc) is 3.03. The molecule has 140 valence electrons. The predicted octanol–water partition coefficient (Wildman–Crippen LogP) is 0.284. The molecule has 0 nitrogen and oxygen atoms in total. The van der Waals surface area contributed by atoms with Crippen molar-refractivity contribution in [1.82, 2.24) is 0 Å². The summed E-state index contributed by atoms with van der Waals surface area (Å²) >= 11 is -0.656. The minimum Gasteiger partial charge on any atom is -1.00 e. The van der Waals surface area contributed by atoms with Crippen LogP contribution in [-0.2, 0) is 23.2 Å². The van der Waals surface area contributed by atoms with E-state index in [1.807, 2.05) is 0 Å². The van der Waals surface area contributed by atoms with E-state index in [1.54, 1.807) is 27.7 Å². The average molecular weight is 497 g/mol. The summed E-state index contributed by atoms with van der Waals surface area (Å²) < 4.78 is 3.59. The summed E-state index contributed by atoms with van der Waals surface area (Å²) in [6, 6.07) is 5.22. The number of rotatable bonds is 6. The molecule has 2 aromatic rings. The zero-order chi connectivity index (χ0) is 17.3. The van der Waals surface area contributed by atoms with E-state index in [1.165, 1.54) is 0 Å². The van der Waals surface area contributed by atoms with Crippen LogP contribution in [0, 0.1) is 0 Å². The summed E-state index contributed by atoms with van der Waals surface area (Å²) in [6.45, 7) is 19.0. The van der Waals surface area contributed by atoms with Gasteiger partial charge in [0.15, 0.2) is 0 Å². The molecular weight excluding hydrogens is 464 g/mol. The molecule has 2 rings (SSSR count). The molecule has 0 saturated carbocycles. The molecule has 5 heteroatoms. The van der Waals surface area contributed by atoms with Crippen LogP contribution in [0.4, 0.5) is 0 Å². The SMILES string of the molecule is CC(C)c1c[c]([Zr+2][c]2cc(C(C)C)[pH]c2C(C)C)c(C(C)C)[pH]1.[Cl-].[Cl-]. The van der Waals surface area contributed by atoms with Gasteiger partial charge in [0.05, 0.1) is 0 Å². The Balaban J connectivity index is 0.00000288. The molecule has 0 saturated heterocycles. The normalized spacial score (nSPS) is 11.7. The Kier molecular flexibility index (Phi) is 11.6. The van der Waals surface area contributed by atoms with Crippen molar-refractivity contribution >= 4 is 22.9 Å². The van der Waals surface area contributed by atoms with Crippen LogP contribution in [0.5, 0.6) is 0 Å². The van der Waals surface area contributed by atoms with Gasteiger partial charge in [-0.3, -0.25) is 0 Å². The van der Waals surface area contributed by atoms with Gasteiger partial charge in [-0.05, 0) is 0 Å². The van der Waals surface area contributed by atoms with Crippen molar-refractivity contribution in [3.63, 3.8) is 0 Å². The number of hydrogen-bond acceptors (Lipinski definition) is 0. The van der Waals surface area contributed by atoms with Gasteiger partial charge < -0.3 is 24.8 Å². The summed E-state index contributed by atoms with van der Waals surface area (Å²) in [6.07, 6.45) is 0. The van der Waals surface area contributed by atoms with Crippen molar-refractivity contribution in [2.45, 2.75) is 79.1 Å². The molecule has 0 bridgehead atoms. The van der Waals surface area contributed by atoms with E-state index in [-0.39, 0.29) is 24.8 Å². The maximum absolute atomic E-state index is 2.61. The summed E-state index contributed by atoms with van der Waals surface area (Å²) in [4.78, 5) is 0. The first-order valence-electron chi connectivity index (χ1n) is 8.93. The maximum atomic E-state index is 2.61. The summed E-state index contributed by atoms with van der Waals surface area (Å²) in [5.41, 5.74) is 0. The van der Waals surface area contributed by atoms with E-state index in [0.717, 1.165) is 28.2 Å². The topological polar surface area (TPSA) is 0 Å². The van der Waals surface area contributed by atoms with E-state index < -0.39 is 23.2 Å². The second kappa shape index (κ2) is 11.1. The second-order valence-corrected chi connectivity index (χ2v) is 13.8. The third kappa shape index (κ3) is 6.54. The zero-order valence-electron chi connectivity index (χ0n) is 16.7. The Bertz CT molecular complexity index is 598. The van der Waals surface area contributed by atoms with Gasteiger partial charge in [-0.1, -0.05) is 0 Å². The van der Waals surface area contributed by atoms with Gasteiger partial charge in [-0.2, -0.15) is 0 Å². The molecule has 0 aromatic carbocycles. The third-order valence-electron chi connectivity index (χ3n) is 4.41.